The van der Waals surface area contributed by atoms with Crippen LogP contribution in [0.2, 0.25) is 0 Å². The SMILES string of the molecule is CC(C)=CCCC(C(=O)OC1OC(CO)C(O)C(O)C1O)C1CCC2(C)C3=C(CCC12C)C1(C)CCC(=O)C(C)(C)C1CC3. The van der Waals surface area contributed by atoms with Gasteiger partial charge in [0.2, 0.25) is 6.29 Å². The van der Waals surface area contributed by atoms with E-state index in [-0.39, 0.29) is 27.6 Å². The molecule has 0 bridgehead atoms. The molecule has 1 aliphatic heterocycles. The highest BCUT2D eigenvalue weighted by Gasteiger charge is 2.64. The molecule has 8 nitrogen and oxygen atoms in total. The van der Waals surface area contributed by atoms with E-state index in [0.29, 0.717) is 24.5 Å². The van der Waals surface area contributed by atoms with E-state index < -0.39 is 49.2 Å². The lowest BCUT2D eigenvalue weighted by Crippen LogP contribution is -2.59. The molecule has 0 spiro atoms. The number of hydrogen-bond donors (Lipinski definition) is 4. The second kappa shape index (κ2) is 11.9. The first kappa shape index (κ1) is 33.8. The van der Waals surface area contributed by atoms with Gasteiger partial charge in [0.15, 0.2) is 0 Å². The van der Waals surface area contributed by atoms with Gasteiger partial charge in [0.05, 0.1) is 12.5 Å². The van der Waals surface area contributed by atoms with E-state index in [9.17, 15) is 30.0 Å². The summed E-state index contributed by atoms with van der Waals surface area (Å²) in [5, 5.41) is 40.8. The minimum absolute atomic E-state index is 0.0261. The molecule has 0 aromatic heterocycles. The maximum atomic E-state index is 14.1. The summed E-state index contributed by atoms with van der Waals surface area (Å²) in [5.41, 5.74) is 3.85. The first-order valence-corrected chi connectivity index (χ1v) is 16.9. The lowest BCUT2D eigenvalue weighted by atomic mass is 9.43. The predicted molar refractivity (Wildman–Crippen MR) is 166 cm³/mol. The summed E-state index contributed by atoms with van der Waals surface area (Å²) in [5.74, 6) is -0.0983. The van der Waals surface area contributed by atoms with E-state index in [4.69, 9.17) is 9.47 Å². The van der Waals surface area contributed by atoms with Crippen molar-refractivity contribution < 1.29 is 39.5 Å². The largest absolute Gasteiger partial charge is 0.432 e. The van der Waals surface area contributed by atoms with Crippen molar-refractivity contribution in [1.82, 2.24) is 0 Å². The number of rotatable bonds is 7. The molecule has 248 valence electrons. The van der Waals surface area contributed by atoms with Crippen LogP contribution in [-0.4, -0.2) is 69.5 Å². The van der Waals surface area contributed by atoms with Crippen molar-refractivity contribution in [2.24, 2.45) is 39.4 Å². The Morgan fingerprint density at radius 3 is 2.32 bits per heavy atom. The molecule has 5 rings (SSSR count). The van der Waals surface area contributed by atoms with Crippen molar-refractivity contribution in [2.75, 3.05) is 6.61 Å². The maximum absolute atomic E-state index is 14.1. The van der Waals surface area contributed by atoms with Gasteiger partial charge in [-0.1, -0.05) is 57.4 Å². The minimum Gasteiger partial charge on any atom is -0.432 e. The van der Waals surface area contributed by atoms with Gasteiger partial charge in [-0.05, 0) is 99.7 Å². The molecule has 0 amide bonds. The quantitative estimate of drug-likeness (QED) is 0.232. The number of fused-ring (bicyclic) bond motifs is 4. The number of carbonyl (C=O) groups is 2. The first-order valence-electron chi connectivity index (χ1n) is 16.9. The van der Waals surface area contributed by atoms with Crippen LogP contribution in [0.1, 0.15) is 113 Å². The normalized spacial score (nSPS) is 43.9. The second-order valence-corrected chi connectivity index (χ2v) is 16.1. The number of aliphatic hydroxyl groups is 4. The zero-order chi connectivity index (χ0) is 32.4. The van der Waals surface area contributed by atoms with Gasteiger partial charge >= 0.3 is 5.97 Å². The Morgan fingerprint density at radius 2 is 1.66 bits per heavy atom. The minimum atomic E-state index is -1.62. The molecule has 8 heteroatoms. The van der Waals surface area contributed by atoms with Crippen molar-refractivity contribution >= 4 is 11.8 Å². The van der Waals surface area contributed by atoms with Gasteiger partial charge in [0.25, 0.3) is 0 Å². The molecule has 0 radical (unpaired) electrons. The summed E-state index contributed by atoms with van der Waals surface area (Å²) in [6.45, 7) is 15.0. The zero-order valence-electron chi connectivity index (χ0n) is 27.9. The van der Waals surface area contributed by atoms with Crippen LogP contribution in [-0.2, 0) is 19.1 Å². The van der Waals surface area contributed by atoms with Crippen molar-refractivity contribution in [3.05, 3.63) is 22.8 Å². The molecule has 2 saturated carbocycles. The van der Waals surface area contributed by atoms with Crippen LogP contribution in [0.15, 0.2) is 22.8 Å². The van der Waals surface area contributed by atoms with Crippen molar-refractivity contribution in [3.8, 4) is 0 Å². The number of aliphatic hydroxyl groups excluding tert-OH is 4. The highest BCUT2D eigenvalue weighted by Crippen LogP contribution is 2.72. The molecule has 44 heavy (non-hydrogen) atoms. The molecule has 11 unspecified atom stereocenters. The molecule has 1 saturated heterocycles. The monoisotopic (exact) mass is 616 g/mol. The summed E-state index contributed by atoms with van der Waals surface area (Å²) >= 11 is 0. The Bertz CT molecular complexity index is 1200. The number of Topliss-reactive ketones (excluding diaryl/α,β-unsaturated/α-hetero) is 1. The molecule has 5 aliphatic rings. The Balaban J connectivity index is 1.45. The van der Waals surface area contributed by atoms with Crippen LogP contribution in [0.25, 0.3) is 0 Å². The summed E-state index contributed by atoms with van der Waals surface area (Å²) in [6, 6.07) is 0. The Hall–Kier alpha value is -1.58. The zero-order valence-corrected chi connectivity index (χ0v) is 27.9. The maximum Gasteiger partial charge on any atom is 0.311 e. The highest BCUT2D eigenvalue weighted by molar-refractivity contribution is 5.85. The molecular formula is C36H56O8. The van der Waals surface area contributed by atoms with Gasteiger partial charge in [0.1, 0.15) is 30.2 Å². The van der Waals surface area contributed by atoms with Crippen molar-refractivity contribution in [1.29, 1.82) is 0 Å². The summed E-state index contributed by atoms with van der Waals surface area (Å²) in [4.78, 5) is 27.0. The summed E-state index contributed by atoms with van der Waals surface area (Å²) < 4.78 is 11.4. The fourth-order valence-corrected chi connectivity index (χ4v) is 10.6. The van der Waals surface area contributed by atoms with Crippen LogP contribution in [0.4, 0.5) is 0 Å². The number of ether oxygens (including phenoxy) is 2. The average molecular weight is 617 g/mol. The summed E-state index contributed by atoms with van der Waals surface area (Å²) in [7, 11) is 0. The second-order valence-electron chi connectivity index (χ2n) is 16.1. The third-order valence-electron chi connectivity index (χ3n) is 13.5. The topological polar surface area (TPSA) is 134 Å². The van der Waals surface area contributed by atoms with Crippen molar-refractivity contribution in [2.45, 2.75) is 143 Å². The lowest BCUT2D eigenvalue weighted by Gasteiger charge is -2.60. The van der Waals surface area contributed by atoms with Crippen LogP contribution in [0, 0.1) is 39.4 Å². The van der Waals surface area contributed by atoms with Gasteiger partial charge in [0, 0.05) is 11.8 Å². The molecule has 3 fully saturated rings. The Kier molecular flexibility index (Phi) is 9.13. The molecule has 4 N–H and O–H groups in total. The smallest absolute Gasteiger partial charge is 0.311 e. The third kappa shape index (κ3) is 5.15. The number of esters is 1. The molecular weight excluding hydrogens is 560 g/mol. The fraction of sp³-hybridized carbons (Fsp3) is 0.833. The fourth-order valence-electron chi connectivity index (χ4n) is 10.6. The predicted octanol–water partition coefficient (Wildman–Crippen LogP) is 5.01. The number of carbonyl (C=O) groups excluding carboxylic acids is 2. The first-order chi connectivity index (χ1) is 20.5. The van der Waals surface area contributed by atoms with E-state index in [0.717, 1.165) is 51.4 Å². The van der Waals surface area contributed by atoms with Crippen LogP contribution in [0.5, 0.6) is 0 Å². The van der Waals surface area contributed by atoms with E-state index in [1.54, 1.807) is 11.1 Å². The van der Waals surface area contributed by atoms with Gasteiger partial charge in [-0.25, -0.2) is 0 Å². The van der Waals surface area contributed by atoms with Crippen LogP contribution in [0.3, 0.4) is 0 Å². The van der Waals surface area contributed by atoms with E-state index in [1.165, 1.54) is 5.57 Å². The Labute approximate surface area is 263 Å². The molecule has 11 atom stereocenters. The van der Waals surface area contributed by atoms with Gasteiger partial charge in [-0.2, -0.15) is 0 Å². The number of ketones is 1. The lowest BCUT2D eigenvalue weighted by molar-refractivity contribution is -0.294. The van der Waals surface area contributed by atoms with Gasteiger partial charge in [-0.15, -0.1) is 0 Å². The van der Waals surface area contributed by atoms with Crippen LogP contribution < -0.4 is 0 Å². The van der Waals surface area contributed by atoms with E-state index in [2.05, 4.69) is 40.7 Å². The standard InChI is InChI=1S/C36H56O8/c1-20(2)9-8-10-21(31(42)44-32-30(41)29(40)28(39)25(19-37)43-32)22-13-17-36(7)24-11-12-26-33(3,4)27(38)15-16-34(26,5)23(24)14-18-35(22,36)6/h9,21-22,25-26,28-30,32,37,39-41H,8,10-19H2,1-7H3. The van der Waals surface area contributed by atoms with Gasteiger partial charge in [-0.3, -0.25) is 9.59 Å². The molecule has 0 aromatic carbocycles. The van der Waals surface area contributed by atoms with Gasteiger partial charge < -0.3 is 29.9 Å². The average Bonchev–Trinajstić information content (AvgIpc) is 3.24. The van der Waals surface area contributed by atoms with Crippen LogP contribution >= 0.6 is 0 Å². The highest BCUT2D eigenvalue weighted by atomic mass is 16.7. The van der Waals surface area contributed by atoms with E-state index in [1.807, 2.05) is 13.8 Å². The molecule has 4 aliphatic carbocycles. The van der Waals surface area contributed by atoms with E-state index >= 15 is 0 Å². The Morgan fingerprint density at radius 1 is 0.955 bits per heavy atom. The third-order valence-corrected chi connectivity index (χ3v) is 13.5. The molecule has 0 aromatic rings. The number of hydrogen-bond acceptors (Lipinski definition) is 8. The van der Waals surface area contributed by atoms with Crippen molar-refractivity contribution in [3.63, 3.8) is 0 Å². The number of allylic oxidation sites excluding steroid dienone is 4. The summed E-state index contributed by atoms with van der Waals surface area (Å²) in [6.07, 6.45) is 3.53. The molecule has 1 heterocycles.